The maximum Gasteiger partial charge on any atom is 0.0494 e. The minimum Gasteiger partial charge on any atom is -0.339 e. The summed E-state index contributed by atoms with van der Waals surface area (Å²) in [5.41, 5.74) is 5.84. The van der Waals surface area contributed by atoms with E-state index in [0.29, 0.717) is 5.92 Å². The molecular weight excluding hydrogens is 282 g/mol. The summed E-state index contributed by atoms with van der Waals surface area (Å²) in [4.78, 5) is 6.93. The summed E-state index contributed by atoms with van der Waals surface area (Å²) in [7, 11) is 0. The Morgan fingerprint density at radius 2 is 1.91 bits per heavy atom. The van der Waals surface area contributed by atoms with Crippen molar-refractivity contribution < 1.29 is 0 Å². The molecule has 5 heterocycles. The van der Waals surface area contributed by atoms with Gasteiger partial charge in [0.05, 0.1) is 0 Å². The molecule has 0 N–H and O–H groups in total. The normalized spacial score (nSPS) is 23.0. The van der Waals surface area contributed by atoms with Gasteiger partial charge in [-0.1, -0.05) is 24.3 Å². The fraction of sp³-hybridized carbons (Fsp3) is 0.350. The van der Waals surface area contributed by atoms with Gasteiger partial charge in [-0.25, -0.2) is 0 Å². The first-order valence-corrected chi connectivity index (χ1v) is 8.61. The molecule has 2 aromatic heterocycles. The largest absolute Gasteiger partial charge is 0.339 e. The Labute approximate surface area is 136 Å². The molecule has 0 unspecified atom stereocenters. The van der Waals surface area contributed by atoms with Crippen molar-refractivity contribution in [3.63, 3.8) is 0 Å². The van der Waals surface area contributed by atoms with Crippen LogP contribution in [0.25, 0.3) is 10.9 Å². The average Bonchev–Trinajstić information content (AvgIpc) is 2.75. The van der Waals surface area contributed by atoms with Gasteiger partial charge >= 0.3 is 0 Å². The lowest BCUT2D eigenvalue weighted by Gasteiger charge is -2.27. The molecule has 1 fully saturated rings. The molecule has 23 heavy (non-hydrogen) atoms. The number of hydrogen-bond donors (Lipinski definition) is 0. The van der Waals surface area contributed by atoms with E-state index in [2.05, 4.69) is 44.8 Å². The lowest BCUT2D eigenvalue weighted by Crippen LogP contribution is -2.29. The van der Waals surface area contributed by atoms with Gasteiger partial charge in [-0.05, 0) is 49.2 Å². The fourth-order valence-corrected chi connectivity index (χ4v) is 4.46. The zero-order valence-electron chi connectivity index (χ0n) is 13.3. The van der Waals surface area contributed by atoms with E-state index in [1.54, 1.807) is 11.3 Å². The van der Waals surface area contributed by atoms with Crippen LogP contribution in [0, 0.1) is 0 Å². The van der Waals surface area contributed by atoms with Gasteiger partial charge in [-0.3, -0.25) is 9.88 Å². The predicted octanol–water partition coefficient (Wildman–Crippen LogP) is 3.78. The standard InChI is InChI=1S/C20H21N3/c1-2-6-19-17(5-1)18-14-22-10-7-16(8-11-22)20(18)23(19)13-15-4-3-9-21-12-15/h1-6,9,12,16H,7-8,10-11,13-14H2. The number of aromatic nitrogens is 2. The van der Waals surface area contributed by atoms with Crippen LogP contribution < -0.4 is 0 Å². The molecule has 0 spiro atoms. The molecule has 0 saturated carbocycles. The van der Waals surface area contributed by atoms with E-state index in [1.165, 1.54) is 42.4 Å². The second kappa shape index (κ2) is 5.20. The van der Waals surface area contributed by atoms with Crippen LogP contribution in [0.4, 0.5) is 0 Å². The molecule has 1 aromatic carbocycles. The average molecular weight is 303 g/mol. The van der Waals surface area contributed by atoms with Crippen molar-refractivity contribution in [1.82, 2.24) is 14.5 Å². The van der Waals surface area contributed by atoms with Gasteiger partial charge in [0.1, 0.15) is 0 Å². The summed E-state index contributed by atoms with van der Waals surface area (Å²) in [5.74, 6) is 0.716. The van der Waals surface area contributed by atoms with Gasteiger partial charge in [-0.2, -0.15) is 0 Å². The fourth-order valence-electron chi connectivity index (χ4n) is 4.46. The molecule has 3 aliphatic rings. The van der Waals surface area contributed by atoms with Crippen LogP contribution in [0.1, 0.15) is 35.6 Å². The Morgan fingerprint density at radius 1 is 1.04 bits per heavy atom. The number of hydrogen-bond acceptors (Lipinski definition) is 2. The number of para-hydroxylation sites is 1. The van der Waals surface area contributed by atoms with Gasteiger partial charge in [0.15, 0.2) is 0 Å². The Balaban J connectivity index is 1.73. The topological polar surface area (TPSA) is 21.1 Å². The lowest BCUT2D eigenvalue weighted by atomic mass is 9.94. The second-order valence-electron chi connectivity index (χ2n) is 6.88. The highest BCUT2D eigenvalue weighted by Crippen LogP contribution is 2.41. The van der Waals surface area contributed by atoms with Crippen molar-refractivity contribution in [2.75, 3.05) is 13.1 Å². The maximum atomic E-state index is 4.30. The third kappa shape index (κ3) is 2.11. The van der Waals surface area contributed by atoms with Crippen LogP contribution in [-0.2, 0) is 13.1 Å². The van der Waals surface area contributed by atoms with Gasteiger partial charge < -0.3 is 4.57 Å². The first-order chi connectivity index (χ1) is 11.4. The summed E-state index contributed by atoms with van der Waals surface area (Å²) in [6, 6.07) is 13.2. The highest BCUT2D eigenvalue weighted by molar-refractivity contribution is 5.86. The quantitative estimate of drug-likeness (QED) is 0.718. The highest BCUT2D eigenvalue weighted by Gasteiger charge is 2.32. The Morgan fingerprint density at radius 3 is 2.74 bits per heavy atom. The van der Waals surface area contributed by atoms with Crippen molar-refractivity contribution >= 4 is 10.9 Å². The van der Waals surface area contributed by atoms with E-state index >= 15 is 0 Å². The van der Waals surface area contributed by atoms with Crippen molar-refractivity contribution in [3.05, 3.63) is 65.6 Å². The van der Waals surface area contributed by atoms with Crippen LogP contribution in [0.2, 0.25) is 0 Å². The summed E-state index contributed by atoms with van der Waals surface area (Å²) in [6.07, 6.45) is 6.46. The zero-order chi connectivity index (χ0) is 15.2. The zero-order valence-corrected chi connectivity index (χ0v) is 13.3. The monoisotopic (exact) mass is 303 g/mol. The Bertz CT molecular complexity index is 842. The van der Waals surface area contributed by atoms with Gasteiger partial charge in [0.2, 0.25) is 0 Å². The van der Waals surface area contributed by atoms with Gasteiger partial charge in [0, 0.05) is 48.0 Å². The molecule has 0 radical (unpaired) electrons. The highest BCUT2D eigenvalue weighted by atomic mass is 15.1. The van der Waals surface area contributed by atoms with E-state index in [-0.39, 0.29) is 0 Å². The molecule has 2 bridgehead atoms. The molecule has 3 aliphatic heterocycles. The van der Waals surface area contributed by atoms with E-state index in [1.807, 2.05) is 18.5 Å². The summed E-state index contributed by atoms with van der Waals surface area (Å²) in [5, 5.41) is 1.45. The first kappa shape index (κ1) is 13.3. The molecular formula is C20H21N3. The molecule has 6 rings (SSSR count). The number of fused-ring (bicyclic) bond motifs is 3. The number of piperidine rings is 1. The van der Waals surface area contributed by atoms with Crippen LogP contribution in [0.5, 0.6) is 0 Å². The molecule has 0 aliphatic carbocycles. The summed E-state index contributed by atoms with van der Waals surface area (Å²) < 4.78 is 2.57. The summed E-state index contributed by atoms with van der Waals surface area (Å²) in [6.45, 7) is 4.55. The van der Waals surface area contributed by atoms with E-state index < -0.39 is 0 Å². The molecule has 3 aromatic rings. The number of pyridine rings is 1. The molecule has 3 heteroatoms. The Hall–Kier alpha value is -2.13. The number of benzene rings is 1. The Kier molecular flexibility index (Phi) is 3.01. The second-order valence-corrected chi connectivity index (χ2v) is 6.88. The molecule has 0 amide bonds. The van der Waals surface area contributed by atoms with Crippen molar-refractivity contribution in [3.8, 4) is 0 Å². The number of rotatable bonds is 2. The third-order valence-corrected chi connectivity index (χ3v) is 5.54. The van der Waals surface area contributed by atoms with Crippen LogP contribution >= 0.6 is 0 Å². The van der Waals surface area contributed by atoms with Crippen molar-refractivity contribution in [2.24, 2.45) is 0 Å². The minimum atomic E-state index is 0.716. The van der Waals surface area contributed by atoms with Crippen molar-refractivity contribution in [1.29, 1.82) is 0 Å². The maximum absolute atomic E-state index is 4.30. The molecule has 116 valence electrons. The lowest BCUT2D eigenvalue weighted by molar-refractivity contribution is 0.219. The third-order valence-electron chi connectivity index (χ3n) is 5.54. The van der Waals surface area contributed by atoms with Gasteiger partial charge in [0.25, 0.3) is 0 Å². The smallest absolute Gasteiger partial charge is 0.0494 e. The van der Waals surface area contributed by atoms with E-state index in [0.717, 1.165) is 13.1 Å². The van der Waals surface area contributed by atoms with Crippen LogP contribution in [0.15, 0.2) is 48.8 Å². The number of nitrogens with zero attached hydrogens (tertiary/aromatic N) is 3. The minimum absolute atomic E-state index is 0.716. The van der Waals surface area contributed by atoms with Crippen molar-refractivity contribution in [2.45, 2.75) is 31.8 Å². The predicted molar refractivity (Wildman–Crippen MR) is 92.5 cm³/mol. The van der Waals surface area contributed by atoms with E-state index in [4.69, 9.17) is 0 Å². The summed E-state index contributed by atoms with van der Waals surface area (Å²) >= 11 is 0. The SMILES string of the molecule is c1cncc(Cn2c3c(c4ccccc42)CN2CCC3CC2)c1. The van der Waals surface area contributed by atoms with Crippen LogP contribution in [0.3, 0.4) is 0 Å². The molecule has 3 nitrogen and oxygen atoms in total. The van der Waals surface area contributed by atoms with Gasteiger partial charge in [-0.15, -0.1) is 0 Å². The van der Waals surface area contributed by atoms with E-state index in [9.17, 15) is 0 Å². The molecule has 0 atom stereocenters. The first-order valence-electron chi connectivity index (χ1n) is 8.61. The van der Waals surface area contributed by atoms with Crippen LogP contribution in [-0.4, -0.2) is 27.5 Å². The molecule has 1 saturated heterocycles.